The Morgan fingerprint density at radius 1 is 0.139 bits per heavy atom. The molecule has 216 valence electrons. The second-order valence-corrected chi connectivity index (χ2v) is 36.0. The molecule has 0 aromatic carbocycles. The third-order valence-electron chi connectivity index (χ3n) is 0. The minimum atomic E-state index is 0. The van der Waals surface area contributed by atoms with Gasteiger partial charge >= 0.3 is 0 Å². The molecule has 0 aromatic rings. The monoisotopic (exact) mass is 880 g/mol. The summed E-state index contributed by atoms with van der Waals surface area (Å²) in [6.45, 7) is 54.4. The average Bonchev–Trinajstić information content (AvgIpc) is 2.30. The Morgan fingerprint density at radius 3 is 0.139 bits per heavy atom. The quantitative estimate of drug-likeness (QED) is 0.213. The van der Waals surface area contributed by atoms with Gasteiger partial charge in [0.15, 0.2) is 0 Å². The molecule has 0 atom stereocenters. The maximum Gasteiger partial charge on any atom is 0.0379 e. The van der Waals surface area contributed by atoms with Crippen molar-refractivity contribution in [1.82, 2.24) is 0 Å². The van der Waals surface area contributed by atoms with E-state index in [1.54, 1.807) is 0 Å². The van der Waals surface area contributed by atoms with Crippen molar-refractivity contribution >= 4 is 141 Å². The third kappa shape index (κ3) is 3380. The number of hydrogen-bond acceptors (Lipinski definition) is 0. The van der Waals surface area contributed by atoms with Crippen LogP contribution in [0.5, 0.6) is 0 Å². The summed E-state index contributed by atoms with van der Waals surface area (Å²) in [4.78, 5) is 0. The van der Waals surface area contributed by atoms with Crippen molar-refractivity contribution in [3.63, 3.8) is 0 Å². The summed E-state index contributed by atoms with van der Waals surface area (Å²) < 4.78 is 0. The van der Waals surface area contributed by atoms with Gasteiger partial charge in [0.05, 0.1) is 0 Å². The first kappa shape index (κ1) is 77.6. The van der Waals surface area contributed by atoms with Gasteiger partial charge in [-0.05, 0) is 0 Å². The summed E-state index contributed by atoms with van der Waals surface area (Å²) in [5.41, 5.74) is 0. The molecular formula is C24H72Ge4Si8. The van der Waals surface area contributed by atoms with Crippen LogP contribution in [0.25, 0.3) is 0 Å². The van der Waals surface area contributed by atoms with Crippen molar-refractivity contribution < 1.29 is 0 Å². The molecule has 0 rings (SSSR count). The smallest absolute Gasteiger partial charge is 0.0379 e. The zero-order chi connectivity index (χ0) is 28.6. The van der Waals surface area contributed by atoms with Crippen LogP contribution in [-0.2, 0) is 0 Å². The number of hydrogen-bond donors (Lipinski definition) is 0. The summed E-state index contributed by atoms with van der Waals surface area (Å²) in [5.74, 6) is 0. The molecule has 0 spiro atoms. The van der Waals surface area contributed by atoms with E-state index < -0.39 is 0 Å². The molecule has 0 saturated heterocycles. The molecule has 0 unspecified atom stereocenters. The van der Waals surface area contributed by atoms with E-state index in [1.807, 2.05) is 0 Å². The molecule has 0 amide bonds. The molecule has 24 radical (unpaired) electrons. The van der Waals surface area contributed by atoms with Crippen LogP contribution in [0.4, 0.5) is 0 Å². The standard InChI is InChI=1S/8C3H9Si.4Ge/c8*1-4(2)3;;;;/h8*1-3H3;;;;. The fourth-order valence-electron chi connectivity index (χ4n) is 0. The van der Waals surface area contributed by atoms with Gasteiger partial charge in [-0.3, -0.25) is 0 Å². The van der Waals surface area contributed by atoms with Crippen LogP contribution >= 0.6 is 0 Å². The molecule has 0 aromatic heterocycles. The fraction of sp³-hybridized carbons (Fsp3) is 1.00. The second-order valence-electron chi connectivity index (χ2n) is 12.0. The Hall–Kier alpha value is 3.91. The van der Waals surface area contributed by atoms with Crippen LogP contribution in [0.2, 0.25) is 157 Å². The summed E-state index contributed by atoms with van der Waals surface area (Å²) >= 11 is 0. The van der Waals surface area contributed by atoms with Crippen molar-refractivity contribution in [1.29, 1.82) is 0 Å². The van der Waals surface area contributed by atoms with Gasteiger partial charge in [-0.15, -0.1) is 0 Å². The van der Waals surface area contributed by atoms with Crippen LogP contribution < -0.4 is 0 Å². The van der Waals surface area contributed by atoms with E-state index in [-0.39, 0.29) is 141 Å². The van der Waals surface area contributed by atoms with Crippen molar-refractivity contribution in [3.05, 3.63) is 0 Å². The number of rotatable bonds is 0. The van der Waals surface area contributed by atoms with Crippen LogP contribution in [0.1, 0.15) is 0 Å². The minimum Gasteiger partial charge on any atom is -0.0715 e. The van der Waals surface area contributed by atoms with Gasteiger partial charge in [-0.1, -0.05) is 157 Å². The Kier molecular flexibility index (Phi) is 155. The fourth-order valence-corrected chi connectivity index (χ4v) is 0. The van der Waals surface area contributed by atoms with E-state index in [0.29, 0.717) is 0 Å². The van der Waals surface area contributed by atoms with Crippen LogP contribution in [0.3, 0.4) is 0 Å². The van der Waals surface area contributed by atoms with E-state index in [2.05, 4.69) is 157 Å². The molecule has 0 fully saturated rings. The third-order valence-corrected chi connectivity index (χ3v) is 0. The average molecular weight is 876 g/mol. The second kappa shape index (κ2) is 71.8. The van der Waals surface area contributed by atoms with Crippen molar-refractivity contribution in [3.8, 4) is 0 Å². The predicted molar refractivity (Wildman–Crippen MR) is 210 cm³/mol. The first-order valence-electron chi connectivity index (χ1n) is 12.0. The molecule has 0 aliphatic rings. The summed E-state index contributed by atoms with van der Waals surface area (Å²) in [5, 5.41) is 0. The molecule has 0 nitrogen and oxygen atoms in total. The Balaban J connectivity index is -0.0000000180. The van der Waals surface area contributed by atoms with E-state index in [1.165, 1.54) is 0 Å². The SMILES string of the molecule is C[Si](C)C.C[Si](C)C.C[Si](C)C.C[Si](C)C.C[Si](C)C.C[Si](C)C.C[Si](C)C.C[Si](C)C.[Ge].[Ge].[Ge].[Ge]. The molecule has 12 heteroatoms. The molecule has 0 aliphatic heterocycles. The maximum absolute atomic E-state index is 2.27. The normalized spacial score (nSPS) is 8.00. The molecule has 0 heterocycles. The molecule has 0 aliphatic carbocycles. The largest absolute Gasteiger partial charge is 0.0715 e. The molecule has 36 heavy (non-hydrogen) atoms. The van der Waals surface area contributed by atoms with E-state index in [9.17, 15) is 0 Å². The van der Waals surface area contributed by atoms with Crippen LogP contribution in [0, 0.1) is 0 Å². The summed E-state index contributed by atoms with van der Waals surface area (Å²) in [7, 11) is 0.963. The van der Waals surface area contributed by atoms with Gasteiger partial charge in [0.1, 0.15) is 0 Å². The van der Waals surface area contributed by atoms with Crippen LogP contribution in [-0.4, -0.2) is 141 Å². The Morgan fingerprint density at radius 2 is 0.139 bits per heavy atom. The first-order chi connectivity index (χ1) is 13.9. The van der Waals surface area contributed by atoms with Gasteiger partial charge in [0.25, 0.3) is 0 Å². The van der Waals surface area contributed by atoms with Gasteiger partial charge < -0.3 is 0 Å². The van der Waals surface area contributed by atoms with E-state index in [4.69, 9.17) is 0 Å². The van der Waals surface area contributed by atoms with E-state index >= 15 is 0 Å². The molecule has 0 bridgehead atoms. The van der Waals surface area contributed by atoms with Gasteiger partial charge in [0.2, 0.25) is 0 Å². The topological polar surface area (TPSA) is 0 Å². The van der Waals surface area contributed by atoms with E-state index in [0.717, 1.165) is 0 Å². The maximum atomic E-state index is 2.27. The van der Waals surface area contributed by atoms with Crippen molar-refractivity contribution in [2.75, 3.05) is 0 Å². The zero-order valence-electron chi connectivity index (χ0n) is 30.0. The molecule has 0 saturated carbocycles. The molecule has 0 N–H and O–H groups in total. The van der Waals surface area contributed by atoms with Gasteiger partial charge in [0, 0.05) is 141 Å². The first-order valence-corrected chi connectivity index (χ1v) is 36.0. The summed E-state index contributed by atoms with van der Waals surface area (Å²) in [6, 6.07) is 0. The van der Waals surface area contributed by atoms with Gasteiger partial charge in [-0.25, -0.2) is 0 Å². The predicted octanol–water partition coefficient (Wildman–Crippen LogP) is 9.44. The van der Waals surface area contributed by atoms with Crippen molar-refractivity contribution in [2.45, 2.75) is 157 Å². The molecular weight excluding hydrogens is 803 g/mol. The minimum absolute atomic E-state index is 0. The Labute approximate surface area is 294 Å². The van der Waals surface area contributed by atoms with Crippen molar-refractivity contribution in [2.24, 2.45) is 0 Å². The van der Waals surface area contributed by atoms with Gasteiger partial charge in [-0.2, -0.15) is 0 Å². The zero-order valence-corrected chi connectivity index (χ0v) is 46.4. The van der Waals surface area contributed by atoms with Crippen LogP contribution in [0.15, 0.2) is 0 Å². The summed E-state index contributed by atoms with van der Waals surface area (Å²) in [6.07, 6.45) is 0. The Bertz CT molecular complexity index is 154.